The summed E-state index contributed by atoms with van der Waals surface area (Å²) in [5, 5.41) is 6.74. The van der Waals surface area contributed by atoms with Crippen molar-refractivity contribution in [1.82, 2.24) is 5.16 Å². The smallest absolute Gasteiger partial charge is 0.277 e. The predicted molar refractivity (Wildman–Crippen MR) is 106 cm³/mol. The van der Waals surface area contributed by atoms with Crippen molar-refractivity contribution >= 4 is 11.6 Å². The summed E-state index contributed by atoms with van der Waals surface area (Å²) in [6, 6.07) is 16.4. The van der Waals surface area contributed by atoms with Crippen LogP contribution in [0.25, 0.3) is 11.3 Å². The fourth-order valence-corrected chi connectivity index (χ4v) is 3.40. The molecule has 0 bridgehead atoms. The molecule has 1 fully saturated rings. The number of methoxy groups -OCH3 is 1. The van der Waals surface area contributed by atoms with Crippen molar-refractivity contribution in [3.63, 3.8) is 0 Å². The van der Waals surface area contributed by atoms with E-state index in [2.05, 4.69) is 10.5 Å². The van der Waals surface area contributed by atoms with Gasteiger partial charge in [-0.3, -0.25) is 4.79 Å². The van der Waals surface area contributed by atoms with E-state index in [0.717, 1.165) is 24.2 Å². The van der Waals surface area contributed by atoms with E-state index in [1.54, 1.807) is 13.2 Å². The second-order valence-electron chi connectivity index (χ2n) is 6.78. The van der Waals surface area contributed by atoms with Crippen LogP contribution in [-0.2, 0) is 0 Å². The number of benzene rings is 2. The fourth-order valence-electron chi connectivity index (χ4n) is 3.40. The first-order chi connectivity index (χ1) is 13.7. The zero-order valence-electron chi connectivity index (χ0n) is 15.7. The molecule has 1 N–H and O–H groups in total. The van der Waals surface area contributed by atoms with Crippen LogP contribution < -0.4 is 14.8 Å². The number of anilines is 1. The molecule has 3 aromatic rings. The number of aromatic nitrogens is 1. The van der Waals surface area contributed by atoms with Crippen molar-refractivity contribution in [2.24, 2.45) is 0 Å². The van der Waals surface area contributed by atoms with Gasteiger partial charge in [0, 0.05) is 17.8 Å². The van der Waals surface area contributed by atoms with Crippen molar-refractivity contribution in [1.29, 1.82) is 0 Å². The van der Waals surface area contributed by atoms with Crippen LogP contribution in [0.15, 0.2) is 59.1 Å². The molecule has 0 atom stereocenters. The summed E-state index contributed by atoms with van der Waals surface area (Å²) in [6.45, 7) is 0. The van der Waals surface area contributed by atoms with Crippen molar-refractivity contribution in [3.8, 4) is 22.8 Å². The average Bonchev–Trinajstić information content (AvgIpc) is 3.40. The molecule has 0 spiro atoms. The molecule has 0 aliphatic heterocycles. The summed E-state index contributed by atoms with van der Waals surface area (Å²) in [6.07, 6.45) is 4.86. The number of carbonyl (C=O) groups is 1. The summed E-state index contributed by atoms with van der Waals surface area (Å²) < 4.78 is 16.7. The Labute approximate surface area is 163 Å². The summed E-state index contributed by atoms with van der Waals surface area (Å²) in [5.74, 6) is 1.55. The molecule has 1 heterocycles. The van der Waals surface area contributed by atoms with Gasteiger partial charge in [-0.05, 0) is 49.9 Å². The van der Waals surface area contributed by atoms with Gasteiger partial charge in [0.1, 0.15) is 11.5 Å². The molecular formula is C22H22N2O4. The number of ether oxygens (including phenoxy) is 2. The van der Waals surface area contributed by atoms with Gasteiger partial charge in [-0.15, -0.1) is 0 Å². The van der Waals surface area contributed by atoms with Gasteiger partial charge < -0.3 is 19.3 Å². The van der Waals surface area contributed by atoms with Crippen molar-refractivity contribution < 1.29 is 18.8 Å². The van der Waals surface area contributed by atoms with Crippen LogP contribution >= 0.6 is 0 Å². The van der Waals surface area contributed by atoms with E-state index < -0.39 is 0 Å². The van der Waals surface area contributed by atoms with Crippen LogP contribution in [0.5, 0.6) is 11.5 Å². The molecule has 1 saturated carbocycles. The molecule has 6 nitrogen and oxygen atoms in total. The van der Waals surface area contributed by atoms with Gasteiger partial charge in [0.2, 0.25) is 0 Å². The number of nitrogens with one attached hydrogen (secondary N) is 1. The van der Waals surface area contributed by atoms with Gasteiger partial charge in [-0.25, -0.2) is 0 Å². The number of hydrogen-bond donors (Lipinski definition) is 1. The number of carbonyl (C=O) groups excluding carboxylic acids is 1. The Hall–Kier alpha value is -3.28. The SMILES string of the molecule is COc1ccccc1-c1cc(C(=O)Nc2cccc(OC3CCCC3)c2)no1. The van der Waals surface area contributed by atoms with E-state index in [1.807, 2.05) is 48.5 Å². The molecule has 144 valence electrons. The summed E-state index contributed by atoms with van der Waals surface area (Å²) >= 11 is 0. The molecule has 0 unspecified atom stereocenters. The second kappa shape index (κ2) is 8.17. The molecule has 0 saturated heterocycles. The Morgan fingerprint density at radius 1 is 1.11 bits per heavy atom. The molecule has 0 radical (unpaired) electrons. The first-order valence-electron chi connectivity index (χ1n) is 9.41. The van der Waals surface area contributed by atoms with Crippen LogP contribution in [0.4, 0.5) is 5.69 Å². The maximum absolute atomic E-state index is 12.6. The zero-order chi connectivity index (χ0) is 19.3. The minimum absolute atomic E-state index is 0.197. The Morgan fingerprint density at radius 3 is 2.75 bits per heavy atom. The van der Waals surface area contributed by atoms with Crippen LogP contribution in [0.3, 0.4) is 0 Å². The molecule has 28 heavy (non-hydrogen) atoms. The molecular weight excluding hydrogens is 356 g/mol. The van der Waals surface area contributed by atoms with E-state index in [0.29, 0.717) is 17.2 Å². The van der Waals surface area contributed by atoms with Gasteiger partial charge in [0.05, 0.1) is 18.8 Å². The van der Waals surface area contributed by atoms with Crippen molar-refractivity contribution in [3.05, 3.63) is 60.3 Å². The lowest BCUT2D eigenvalue weighted by molar-refractivity contribution is 0.101. The molecule has 2 aromatic carbocycles. The Bertz CT molecular complexity index is 960. The first kappa shape index (κ1) is 18.1. The van der Waals surface area contributed by atoms with Crippen molar-refractivity contribution in [2.45, 2.75) is 31.8 Å². The fraction of sp³-hybridized carbons (Fsp3) is 0.273. The number of hydrogen-bond acceptors (Lipinski definition) is 5. The number of rotatable bonds is 6. The predicted octanol–water partition coefficient (Wildman–Crippen LogP) is 4.92. The quantitative estimate of drug-likeness (QED) is 0.659. The van der Waals surface area contributed by atoms with Gasteiger partial charge in [-0.1, -0.05) is 23.4 Å². The number of para-hydroxylation sites is 1. The van der Waals surface area contributed by atoms with Gasteiger partial charge in [0.15, 0.2) is 11.5 Å². The maximum Gasteiger partial charge on any atom is 0.277 e. The third-order valence-electron chi connectivity index (χ3n) is 4.81. The molecule has 1 amide bonds. The van der Waals surface area contributed by atoms with Crippen LogP contribution in [0.1, 0.15) is 36.2 Å². The number of amides is 1. The summed E-state index contributed by atoms with van der Waals surface area (Å²) in [5.41, 5.74) is 1.59. The Kier molecular flexibility index (Phi) is 5.28. The zero-order valence-corrected chi connectivity index (χ0v) is 15.7. The monoisotopic (exact) mass is 378 g/mol. The van der Waals surface area contributed by atoms with Gasteiger partial charge in [0.25, 0.3) is 5.91 Å². The van der Waals surface area contributed by atoms with E-state index in [1.165, 1.54) is 12.8 Å². The standard InChI is InChI=1S/C22H22N2O4/c1-26-20-12-5-4-11-18(20)21-14-19(24-28-21)22(25)23-15-7-6-10-17(13-15)27-16-8-2-3-9-16/h4-7,10-14,16H,2-3,8-9H2,1H3,(H,23,25). The van der Waals surface area contributed by atoms with Crippen LogP contribution in [0.2, 0.25) is 0 Å². The van der Waals surface area contributed by atoms with Crippen molar-refractivity contribution in [2.75, 3.05) is 12.4 Å². The van der Waals surface area contributed by atoms with E-state index >= 15 is 0 Å². The molecule has 1 aliphatic carbocycles. The first-order valence-corrected chi connectivity index (χ1v) is 9.41. The highest BCUT2D eigenvalue weighted by atomic mass is 16.5. The highest BCUT2D eigenvalue weighted by Gasteiger charge is 2.18. The minimum Gasteiger partial charge on any atom is -0.496 e. The Balaban J connectivity index is 1.46. The second-order valence-corrected chi connectivity index (χ2v) is 6.78. The van der Waals surface area contributed by atoms with E-state index in [9.17, 15) is 4.79 Å². The van der Waals surface area contributed by atoms with Crippen LogP contribution in [0, 0.1) is 0 Å². The molecule has 1 aromatic heterocycles. The molecule has 4 rings (SSSR count). The van der Waals surface area contributed by atoms with Crippen LogP contribution in [-0.4, -0.2) is 24.3 Å². The maximum atomic E-state index is 12.6. The number of nitrogens with zero attached hydrogens (tertiary/aromatic N) is 1. The highest BCUT2D eigenvalue weighted by Crippen LogP contribution is 2.30. The lowest BCUT2D eigenvalue weighted by atomic mass is 10.1. The largest absolute Gasteiger partial charge is 0.496 e. The summed E-state index contributed by atoms with van der Waals surface area (Å²) in [7, 11) is 1.59. The minimum atomic E-state index is -0.345. The average molecular weight is 378 g/mol. The Morgan fingerprint density at radius 2 is 1.93 bits per heavy atom. The molecule has 1 aliphatic rings. The highest BCUT2D eigenvalue weighted by molar-refractivity contribution is 6.03. The van der Waals surface area contributed by atoms with Gasteiger partial charge in [-0.2, -0.15) is 0 Å². The third kappa shape index (κ3) is 4.01. The normalized spacial score (nSPS) is 14.0. The lowest BCUT2D eigenvalue weighted by Gasteiger charge is -2.13. The third-order valence-corrected chi connectivity index (χ3v) is 4.81. The lowest BCUT2D eigenvalue weighted by Crippen LogP contribution is -2.13. The topological polar surface area (TPSA) is 73.6 Å². The van der Waals surface area contributed by atoms with Gasteiger partial charge >= 0.3 is 0 Å². The van der Waals surface area contributed by atoms with E-state index in [4.69, 9.17) is 14.0 Å². The summed E-state index contributed by atoms with van der Waals surface area (Å²) in [4.78, 5) is 12.6. The molecule has 6 heteroatoms. The van der Waals surface area contributed by atoms with E-state index in [-0.39, 0.29) is 17.7 Å².